The summed E-state index contributed by atoms with van der Waals surface area (Å²) >= 11 is 0. The van der Waals surface area contributed by atoms with Gasteiger partial charge in [-0.05, 0) is 37.6 Å². The molecule has 2 aromatic rings. The largest absolute Gasteiger partial charge is 0.463 e. The molecule has 0 aliphatic carbocycles. The van der Waals surface area contributed by atoms with Gasteiger partial charge in [0.1, 0.15) is 5.82 Å². The Hall–Kier alpha value is -3.04. The molecule has 0 saturated carbocycles. The molecule has 0 saturated heterocycles. The number of amides is 1. The van der Waals surface area contributed by atoms with Gasteiger partial charge >= 0.3 is 17.8 Å². The highest BCUT2D eigenvalue weighted by Gasteiger charge is 2.64. The SMILES string of the molecule is CCOC(=O)[C@@](NC(=O)c1ccco1)(Nc1ncccc1C)C(F)(F)F. The highest BCUT2D eigenvalue weighted by molar-refractivity contribution is 5.97. The zero-order valence-electron chi connectivity index (χ0n) is 13.9. The third-order valence-electron chi connectivity index (χ3n) is 3.37. The molecule has 2 aromatic heterocycles. The second-order valence-electron chi connectivity index (χ2n) is 5.19. The van der Waals surface area contributed by atoms with E-state index in [9.17, 15) is 22.8 Å². The highest BCUT2D eigenvalue weighted by atomic mass is 19.4. The average molecular weight is 371 g/mol. The number of halogens is 3. The number of carbonyl (C=O) groups is 2. The number of furan rings is 1. The van der Waals surface area contributed by atoms with E-state index in [1.54, 1.807) is 5.32 Å². The molecule has 7 nitrogen and oxygen atoms in total. The normalized spacial score (nSPS) is 13.6. The van der Waals surface area contributed by atoms with Gasteiger partial charge in [0.2, 0.25) is 0 Å². The lowest BCUT2D eigenvalue weighted by atomic mass is 10.1. The lowest BCUT2D eigenvalue weighted by molar-refractivity contribution is -0.204. The van der Waals surface area contributed by atoms with E-state index in [1.165, 1.54) is 38.2 Å². The fraction of sp³-hybridized carbons (Fsp3) is 0.312. The molecule has 26 heavy (non-hydrogen) atoms. The summed E-state index contributed by atoms with van der Waals surface area (Å²) in [5.74, 6) is -3.61. The number of nitrogens with one attached hydrogen (secondary N) is 2. The highest BCUT2D eigenvalue weighted by Crippen LogP contribution is 2.33. The van der Waals surface area contributed by atoms with Gasteiger partial charge in [-0.2, -0.15) is 13.2 Å². The van der Waals surface area contributed by atoms with Crippen molar-refractivity contribution < 1.29 is 31.9 Å². The van der Waals surface area contributed by atoms with E-state index in [1.807, 2.05) is 5.32 Å². The number of rotatable bonds is 6. The van der Waals surface area contributed by atoms with Crippen molar-refractivity contribution in [1.82, 2.24) is 10.3 Å². The van der Waals surface area contributed by atoms with E-state index in [-0.39, 0.29) is 12.4 Å². The Bertz CT molecular complexity index is 777. The van der Waals surface area contributed by atoms with Crippen molar-refractivity contribution in [3.63, 3.8) is 0 Å². The summed E-state index contributed by atoms with van der Waals surface area (Å²) in [5, 5.41) is 3.64. The standard InChI is InChI=1S/C16H16F3N3O4/c1-3-25-14(24)15(16(17,18)19,21-12-10(2)6-4-8-20-12)22-13(23)11-7-5-9-26-11/h4-9H,3H2,1-2H3,(H,20,21)(H,22,23)/t15-/m0/s1. The topological polar surface area (TPSA) is 93.5 Å². The van der Waals surface area contributed by atoms with Crippen LogP contribution in [0.1, 0.15) is 23.0 Å². The van der Waals surface area contributed by atoms with Crippen LogP contribution in [0.5, 0.6) is 0 Å². The van der Waals surface area contributed by atoms with E-state index in [0.29, 0.717) is 5.56 Å². The number of nitrogens with zero attached hydrogens (tertiary/aromatic N) is 1. The van der Waals surface area contributed by atoms with E-state index >= 15 is 0 Å². The van der Waals surface area contributed by atoms with Crippen molar-refractivity contribution >= 4 is 17.7 Å². The van der Waals surface area contributed by atoms with Crippen LogP contribution in [0.2, 0.25) is 0 Å². The Balaban J connectivity index is 2.51. The third-order valence-corrected chi connectivity index (χ3v) is 3.37. The maximum atomic E-state index is 13.9. The first-order chi connectivity index (χ1) is 12.2. The Kier molecular flexibility index (Phi) is 5.53. The van der Waals surface area contributed by atoms with Gasteiger partial charge in [-0.25, -0.2) is 9.78 Å². The van der Waals surface area contributed by atoms with Gasteiger partial charge in [-0.1, -0.05) is 6.07 Å². The van der Waals surface area contributed by atoms with Gasteiger partial charge < -0.3 is 19.8 Å². The van der Waals surface area contributed by atoms with E-state index in [2.05, 4.69) is 9.72 Å². The monoisotopic (exact) mass is 371 g/mol. The van der Waals surface area contributed by atoms with Gasteiger partial charge in [0.25, 0.3) is 5.91 Å². The number of pyridine rings is 1. The van der Waals surface area contributed by atoms with Crippen molar-refractivity contribution in [2.45, 2.75) is 25.7 Å². The molecule has 0 aliphatic heterocycles. The minimum Gasteiger partial charge on any atom is -0.463 e. The predicted molar refractivity (Wildman–Crippen MR) is 84.2 cm³/mol. The van der Waals surface area contributed by atoms with E-state index in [4.69, 9.17) is 4.42 Å². The first-order valence-electron chi connectivity index (χ1n) is 7.51. The molecular weight excluding hydrogens is 355 g/mol. The number of esters is 1. The van der Waals surface area contributed by atoms with Crippen molar-refractivity contribution in [1.29, 1.82) is 0 Å². The van der Waals surface area contributed by atoms with Crippen LogP contribution < -0.4 is 10.6 Å². The Morgan fingerprint density at radius 2 is 2.00 bits per heavy atom. The first-order valence-corrected chi connectivity index (χ1v) is 7.51. The molecule has 1 atom stereocenters. The lowest BCUT2D eigenvalue weighted by Gasteiger charge is -2.35. The zero-order valence-corrected chi connectivity index (χ0v) is 13.9. The molecule has 0 aliphatic rings. The van der Waals surface area contributed by atoms with Crippen LogP contribution in [-0.4, -0.2) is 35.3 Å². The molecule has 0 bridgehead atoms. The fourth-order valence-corrected chi connectivity index (χ4v) is 2.06. The molecule has 0 unspecified atom stereocenters. The molecule has 2 N–H and O–H groups in total. The molecule has 2 rings (SSSR count). The van der Waals surface area contributed by atoms with Gasteiger partial charge in [-0.15, -0.1) is 0 Å². The molecule has 1 amide bonds. The minimum atomic E-state index is -5.24. The average Bonchev–Trinajstić information content (AvgIpc) is 3.09. The number of aryl methyl sites for hydroxylation is 1. The summed E-state index contributed by atoms with van der Waals surface area (Å²) in [6.07, 6.45) is -2.88. The lowest BCUT2D eigenvalue weighted by Crippen LogP contribution is -2.69. The maximum Gasteiger partial charge on any atom is 0.441 e. The molecule has 0 spiro atoms. The van der Waals surface area contributed by atoms with Crippen LogP contribution in [-0.2, 0) is 9.53 Å². The van der Waals surface area contributed by atoms with Crippen LogP contribution >= 0.6 is 0 Å². The number of ether oxygens (including phenoxy) is 1. The van der Waals surface area contributed by atoms with Crippen molar-refractivity contribution in [2.75, 3.05) is 11.9 Å². The quantitative estimate of drug-likeness (QED) is 0.599. The summed E-state index contributed by atoms with van der Waals surface area (Å²) < 4.78 is 51.2. The predicted octanol–water partition coefficient (Wildman–Crippen LogP) is 2.65. The summed E-state index contributed by atoms with van der Waals surface area (Å²) in [5.41, 5.74) is -3.22. The van der Waals surface area contributed by atoms with Crippen molar-refractivity contribution in [2.24, 2.45) is 0 Å². The molecule has 0 radical (unpaired) electrons. The number of anilines is 1. The minimum absolute atomic E-state index is 0.238. The van der Waals surface area contributed by atoms with Crippen LogP contribution in [0, 0.1) is 6.92 Å². The summed E-state index contributed by atoms with van der Waals surface area (Å²) in [7, 11) is 0. The molecule has 10 heteroatoms. The molecular formula is C16H16F3N3O4. The summed E-state index contributed by atoms with van der Waals surface area (Å²) in [6.45, 7) is 2.52. The molecule has 140 valence electrons. The first kappa shape index (κ1) is 19.3. The van der Waals surface area contributed by atoms with Crippen LogP contribution in [0.4, 0.5) is 19.0 Å². The van der Waals surface area contributed by atoms with Gasteiger partial charge in [0.15, 0.2) is 5.76 Å². The zero-order chi connectivity index (χ0) is 19.4. The maximum absolute atomic E-state index is 13.9. The summed E-state index contributed by atoms with van der Waals surface area (Å²) in [4.78, 5) is 28.2. The second-order valence-corrected chi connectivity index (χ2v) is 5.19. The van der Waals surface area contributed by atoms with Crippen molar-refractivity contribution in [3.05, 3.63) is 48.0 Å². The Labute approximate surface area is 146 Å². The number of alkyl halides is 3. The van der Waals surface area contributed by atoms with Crippen LogP contribution in [0.25, 0.3) is 0 Å². The third kappa shape index (κ3) is 3.79. The van der Waals surface area contributed by atoms with Crippen LogP contribution in [0.15, 0.2) is 41.1 Å². The van der Waals surface area contributed by atoms with Gasteiger partial charge in [-0.3, -0.25) is 4.79 Å². The van der Waals surface area contributed by atoms with Crippen molar-refractivity contribution in [3.8, 4) is 0 Å². The number of aromatic nitrogens is 1. The molecule has 0 aromatic carbocycles. The van der Waals surface area contributed by atoms with Crippen LogP contribution in [0.3, 0.4) is 0 Å². The Morgan fingerprint density at radius 1 is 1.27 bits per heavy atom. The molecule has 0 fully saturated rings. The summed E-state index contributed by atoms with van der Waals surface area (Å²) in [6, 6.07) is 5.50. The molecule has 2 heterocycles. The second kappa shape index (κ2) is 7.46. The number of hydrogen-bond donors (Lipinski definition) is 2. The Morgan fingerprint density at radius 3 is 2.54 bits per heavy atom. The smallest absolute Gasteiger partial charge is 0.441 e. The number of hydrogen-bond acceptors (Lipinski definition) is 6. The van der Waals surface area contributed by atoms with E-state index in [0.717, 1.165) is 12.3 Å². The van der Waals surface area contributed by atoms with E-state index < -0.39 is 29.5 Å². The van der Waals surface area contributed by atoms with Gasteiger partial charge in [0, 0.05) is 6.20 Å². The fourth-order valence-electron chi connectivity index (χ4n) is 2.06. The van der Waals surface area contributed by atoms with Gasteiger partial charge in [0.05, 0.1) is 12.9 Å². The number of carbonyl (C=O) groups excluding carboxylic acids is 2.